The zero-order chi connectivity index (χ0) is 25.0. The SMILES string of the molecule is CC(C)c1noc(N2CCC(COc3ccc(C4=CCC(C(N)=O)([C@@H](C)CO)CC4)cc3)CC2)n1. The van der Waals surface area contributed by atoms with Gasteiger partial charge in [-0.1, -0.05) is 44.1 Å². The molecular formula is C27H38N4O4. The number of benzene rings is 1. The predicted molar refractivity (Wildman–Crippen MR) is 135 cm³/mol. The number of nitrogens with two attached hydrogens (primary N) is 1. The number of carbonyl (C=O) groups excluding carboxylic acids is 1. The highest BCUT2D eigenvalue weighted by atomic mass is 16.5. The Morgan fingerprint density at radius 2 is 1.97 bits per heavy atom. The third kappa shape index (κ3) is 5.53. The minimum Gasteiger partial charge on any atom is -0.493 e. The van der Waals surface area contributed by atoms with Crippen LogP contribution in [0.4, 0.5) is 6.01 Å². The molecule has 4 rings (SSSR count). The Hall–Kier alpha value is -2.87. The normalized spacial score (nSPS) is 22.2. The summed E-state index contributed by atoms with van der Waals surface area (Å²) < 4.78 is 11.5. The minimum atomic E-state index is -0.656. The summed E-state index contributed by atoms with van der Waals surface area (Å²) in [5.74, 6) is 1.91. The van der Waals surface area contributed by atoms with Crippen molar-refractivity contribution in [2.24, 2.45) is 23.0 Å². The van der Waals surface area contributed by atoms with Crippen LogP contribution in [0.3, 0.4) is 0 Å². The molecule has 2 aliphatic rings. The number of ether oxygens (including phenoxy) is 1. The van der Waals surface area contributed by atoms with Gasteiger partial charge in [0.1, 0.15) is 5.75 Å². The number of allylic oxidation sites excluding steroid dienone is 2. The Balaban J connectivity index is 1.27. The Kier molecular flexibility index (Phi) is 7.79. The fourth-order valence-electron chi connectivity index (χ4n) is 5.08. The van der Waals surface area contributed by atoms with Crippen LogP contribution in [0.25, 0.3) is 5.57 Å². The number of hydrogen-bond acceptors (Lipinski definition) is 7. The Bertz CT molecular complexity index is 1020. The zero-order valence-corrected chi connectivity index (χ0v) is 21.1. The summed E-state index contributed by atoms with van der Waals surface area (Å²) in [6.45, 7) is 8.46. The molecule has 8 nitrogen and oxygen atoms in total. The standard InChI is InChI=1S/C27H38N4O4/c1-18(2)24-29-26(35-30-24)31-14-10-20(11-15-31)17-34-23-6-4-21(5-7-23)22-8-12-27(13-9-22,25(28)33)19(3)16-32/h4-8,18-20,32H,9-17H2,1-3H3,(H2,28,33)/t19-,27?/m0/s1. The van der Waals surface area contributed by atoms with Gasteiger partial charge in [0.05, 0.1) is 12.0 Å². The topological polar surface area (TPSA) is 115 Å². The molecule has 0 spiro atoms. The maximum atomic E-state index is 12.1. The molecule has 1 aromatic carbocycles. The predicted octanol–water partition coefficient (Wildman–Crippen LogP) is 4.16. The van der Waals surface area contributed by atoms with Crippen LogP contribution >= 0.6 is 0 Å². The minimum absolute atomic E-state index is 0.0345. The molecule has 8 heteroatoms. The summed E-state index contributed by atoms with van der Waals surface area (Å²) in [5, 5.41) is 13.7. The van der Waals surface area contributed by atoms with Gasteiger partial charge in [0.15, 0.2) is 5.82 Å². The molecule has 2 heterocycles. The number of aliphatic hydroxyl groups excluding tert-OH is 1. The number of anilines is 1. The molecule has 1 fully saturated rings. The van der Waals surface area contributed by atoms with Crippen molar-refractivity contribution in [1.29, 1.82) is 0 Å². The van der Waals surface area contributed by atoms with E-state index in [4.69, 9.17) is 15.0 Å². The second-order valence-electron chi connectivity index (χ2n) is 10.4. The second kappa shape index (κ2) is 10.8. The molecule has 0 bridgehead atoms. The average molecular weight is 483 g/mol. The molecule has 2 atom stereocenters. The first-order chi connectivity index (χ1) is 16.8. The smallest absolute Gasteiger partial charge is 0.324 e. The van der Waals surface area contributed by atoms with E-state index in [1.807, 2.05) is 19.1 Å². The summed E-state index contributed by atoms with van der Waals surface area (Å²) in [6.07, 6.45) is 6.16. The van der Waals surface area contributed by atoms with Crippen molar-refractivity contribution in [3.63, 3.8) is 0 Å². The van der Waals surface area contributed by atoms with Crippen molar-refractivity contribution in [1.82, 2.24) is 10.1 Å². The molecule has 190 valence electrons. The van der Waals surface area contributed by atoms with Gasteiger partial charge in [0.25, 0.3) is 0 Å². The van der Waals surface area contributed by atoms with Gasteiger partial charge in [-0.25, -0.2) is 0 Å². The zero-order valence-electron chi connectivity index (χ0n) is 21.1. The number of primary amides is 1. The van der Waals surface area contributed by atoms with Crippen molar-refractivity contribution in [3.8, 4) is 5.75 Å². The summed E-state index contributed by atoms with van der Waals surface area (Å²) in [5.41, 5.74) is 7.42. The fraction of sp³-hybridized carbons (Fsp3) is 0.593. The van der Waals surface area contributed by atoms with Gasteiger partial charge in [-0.05, 0) is 67.2 Å². The first kappa shape index (κ1) is 25.2. The summed E-state index contributed by atoms with van der Waals surface area (Å²) in [4.78, 5) is 18.8. The van der Waals surface area contributed by atoms with Crippen LogP contribution in [-0.4, -0.2) is 47.5 Å². The van der Waals surface area contributed by atoms with Gasteiger partial charge in [-0.3, -0.25) is 4.79 Å². The molecular weight excluding hydrogens is 444 g/mol. The molecule has 3 N–H and O–H groups in total. The largest absolute Gasteiger partial charge is 0.493 e. The Morgan fingerprint density at radius 1 is 1.26 bits per heavy atom. The first-order valence-electron chi connectivity index (χ1n) is 12.7. The van der Waals surface area contributed by atoms with E-state index in [1.54, 1.807) is 0 Å². The fourth-order valence-corrected chi connectivity index (χ4v) is 5.08. The molecule has 0 saturated carbocycles. The number of aromatic nitrogens is 2. The molecule has 1 aliphatic carbocycles. The number of hydrogen-bond donors (Lipinski definition) is 2. The number of piperidine rings is 1. The van der Waals surface area contributed by atoms with Crippen LogP contribution < -0.4 is 15.4 Å². The monoisotopic (exact) mass is 482 g/mol. The van der Waals surface area contributed by atoms with E-state index in [0.717, 1.165) is 49.5 Å². The summed E-state index contributed by atoms with van der Waals surface area (Å²) in [6, 6.07) is 8.82. The van der Waals surface area contributed by atoms with Crippen LogP contribution in [0, 0.1) is 17.3 Å². The summed E-state index contributed by atoms with van der Waals surface area (Å²) in [7, 11) is 0. The van der Waals surface area contributed by atoms with E-state index in [0.29, 0.717) is 31.4 Å². The van der Waals surface area contributed by atoms with Gasteiger partial charge in [-0.15, -0.1) is 0 Å². The van der Waals surface area contributed by atoms with Gasteiger partial charge in [0, 0.05) is 25.6 Å². The van der Waals surface area contributed by atoms with Crippen molar-refractivity contribution >= 4 is 17.5 Å². The number of amides is 1. The third-order valence-electron chi connectivity index (χ3n) is 7.80. The van der Waals surface area contributed by atoms with E-state index in [9.17, 15) is 9.90 Å². The maximum Gasteiger partial charge on any atom is 0.324 e. The number of aliphatic hydroxyl groups is 1. The van der Waals surface area contributed by atoms with Gasteiger partial charge < -0.3 is 25.0 Å². The lowest BCUT2D eigenvalue weighted by atomic mass is 9.66. The maximum absolute atomic E-state index is 12.1. The molecule has 1 aromatic heterocycles. The van der Waals surface area contributed by atoms with Crippen molar-refractivity contribution in [2.45, 2.75) is 58.8 Å². The number of carbonyl (C=O) groups is 1. The van der Waals surface area contributed by atoms with Crippen LogP contribution in [0.5, 0.6) is 5.75 Å². The lowest BCUT2D eigenvalue weighted by molar-refractivity contribution is -0.132. The Morgan fingerprint density at radius 3 is 2.51 bits per heavy atom. The number of rotatable bonds is 9. The van der Waals surface area contributed by atoms with E-state index < -0.39 is 5.41 Å². The van der Waals surface area contributed by atoms with E-state index in [2.05, 4.69) is 47.1 Å². The lowest BCUT2D eigenvalue weighted by Gasteiger charge is -2.38. The van der Waals surface area contributed by atoms with Gasteiger partial charge >= 0.3 is 6.01 Å². The second-order valence-corrected chi connectivity index (χ2v) is 10.4. The molecule has 1 saturated heterocycles. The molecule has 2 aromatic rings. The van der Waals surface area contributed by atoms with Gasteiger partial charge in [-0.2, -0.15) is 4.98 Å². The molecule has 1 amide bonds. The highest BCUT2D eigenvalue weighted by Gasteiger charge is 2.42. The average Bonchev–Trinajstić information content (AvgIpc) is 3.38. The van der Waals surface area contributed by atoms with E-state index >= 15 is 0 Å². The van der Waals surface area contributed by atoms with Crippen LogP contribution in [0.2, 0.25) is 0 Å². The van der Waals surface area contributed by atoms with E-state index in [1.165, 1.54) is 5.57 Å². The molecule has 1 aliphatic heterocycles. The van der Waals surface area contributed by atoms with Crippen LogP contribution in [0.15, 0.2) is 34.9 Å². The van der Waals surface area contributed by atoms with Crippen molar-refractivity contribution in [2.75, 3.05) is 31.2 Å². The summed E-state index contributed by atoms with van der Waals surface area (Å²) >= 11 is 0. The van der Waals surface area contributed by atoms with Crippen LogP contribution in [-0.2, 0) is 4.79 Å². The lowest BCUT2D eigenvalue weighted by Crippen LogP contribution is -2.44. The van der Waals surface area contributed by atoms with E-state index in [-0.39, 0.29) is 24.3 Å². The Labute approximate surface area is 207 Å². The highest BCUT2D eigenvalue weighted by Crippen LogP contribution is 2.44. The third-order valence-corrected chi connectivity index (χ3v) is 7.80. The number of nitrogens with zero attached hydrogens (tertiary/aromatic N) is 3. The van der Waals surface area contributed by atoms with Crippen LogP contribution in [0.1, 0.15) is 70.2 Å². The van der Waals surface area contributed by atoms with Crippen molar-refractivity contribution < 1.29 is 19.2 Å². The first-order valence-corrected chi connectivity index (χ1v) is 12.7. The van der Waals surface area contributed by atoms with Crippen molar-refractivity contribution in [3.05, 3.63) is 41.7 Å². The quantitative estimate of drug-likeness (QED) is 0.551. The highest BCUT2D eigenvalue weighted by molar-refractivity contribution is 5.83. The molecule has 1 unspecified atom stereocenters. The molecule has 0 radical (unpaired) electrons. The van der Waals surface area contributed by atoms with Gasteiger partial charge in [0.2, 0.25) is 5.91 Å². The molecule has 35 heavy (non-hydrogen) atoms.